The van der Waals surface area contributed by atoms with Crippen molar-refractivity contribution < 1.29 is 0 Å². The van der Waals surface area contributed by atoms with Gasteiger partial charge in [-0.05, 0) is 6.54 Å². The molecule has 4 heterocycles. The summed E-state index contributed by atoms with van der Waals surface area (Å²) in [7, 11) is 0. The van der Waals surface area contributed by atoms with E-state index in [0.29, 0.717) is 0 Å². The largest absolute Gasteiger partial charge is 0.353 e. The van der Waals surface area contributed by atoms with Crippen molar-refractivity contribution >= 4 is 22.3 Å². The Kier molecular flexibility index (Phi) is 4.13. The number of fused-ring (bicyclic) bond motifs is 1. The molecule has 122 valence electrons. The molecule has 7 heteroatoms. The van der Waals surface area contributed by atoms with E-state index in [1.165, 1.54) is 11.3 Å². The summed E-state index contributed by atoms with van der Waals surface area (Å²) in [5.74, 6) is 1.15. The zero-order valence-corrected chi connectivity index (χ0v) is 14.3. The maximum atomic E-state index is 4.63. The SMILES string of the molecule is CCN1CCc2ncnc(N3CCN(c4nccs4)CC3)c2C1. The van der Waals surface area contributed by atoms with Crippen LogP contribution < -0.4 is 9.80 Å². The van der Waals surface area contributed by atoms with Gasteiger partial charge in [0.25, 0.3) is 0 Å². The average molecular weight is 330 g/mol. The van der Waals surface area contributed by atoms with E-state index in [1.807, 2.05) is 11.6 Å². The number of likely N-dealkylation sites (N-methyl/N-ethyl adjacent to an activating group) is 1. The molecule has 1 saturated heterocycles. The quantitative estimate of drug-likeness (QED) is 0.853. The molecule has 23 heavy (non-hydrogen) atoms. The lowest BCUT2D eigenvalue weighted by Crippen LogP contribution is -2.47. The van der Waals surface area contributed by atoms with Crippen LogP contribution >= 0.6 is 11.3 Å². The van der Waals surface area contributed by atoms with Gasteiger partial charge < -0.3 is 9.80 Å². The van der Waals surface area contributed by atoms with Crippen molar-refractivity contribution in [3.8, 4) is 0 Å². The molecule has 0 bridgehead atoms. The van der Waals surface area contributed by atoms with Crippen LogP contribution in [0.4, 0.5) is 10.9 Å². The molecule has 2 aromatic rings. The van der Waals surface area contributed by atoms with Gasteiger partial charge in [0.05, 0.1) is 5.69 Å². The highest BCUT2D eigenvalue weighted by Gasteiger charge is 2.26. The molecular weight excluding hydrogens is 308 g/mol. The summed E-state index contributed by atoms with van der Waals surface area (Å²) in [6, 6.07) is 0. The van der Waals surface area contributed by atoms with Gasteiger partial charge in [-0.25, -0.2) is 15.0 Å². The second-order valence-corrected chi connectivity index (χ2v) is 6.90. The molecule has 0 aromatic carbocycles. The lowest BCUT2D eigenvalue weighted by atomic mass is 10.1. The van der Waals surface area contributed by atoms with E-state index in [2.05, 4.69) is 36.6 Å². The molecule has 0 spiro atoms. The van der Waals surface area contributed by atoms with E-state index < -0.39 is 0 Å². The number of rotatable bonds is 3. The third-order valence-corrected chi connectivity index (χ3v) is 5.61. The Morgan fingerprint density at radius 1 is 1.04 bits per heavy atom. The summed E-state index contributed by atoms with van der Waals surface area (Å²) in [5, 5.41) is 3.17. The minimum absolute atomic E-state index is 0.981. The third-order valence-electron chi connectivity index (χ3n) is 4.77. The number of piperazine rings is 1. The maximum absolute atomic E-state index is 4.63. The Hall–Kier alpha value is -1.73. The predicted molar refractivity (Wildman–Crippen MR) is 93.2 cm³/mol. The van der Waals surface area contributed by atoms with Crippen LogP contribution in [0.15, 0.2) is 17.9 Å². The van der Waals surface area contributed by atoms with Crippen LogP contribution in [0, 0.1) is 0 Å². The van der Waals surface area contributed by atoms with Crippen LogP contribution in [0.25, 0.3) is 0 Å². The van der Waals surface area contributed by atoms with Gasteiger partial charge in [-0.3, -0.25) is 4.90 Å². The molecule has 4 rings (SSSR count). The second-order valence-electron chi connectivity index (χ2n) is 6.03. The fraction of sp³-hybridized carbons (Fsp3) is 0.562. The van der Waals surface area contributed by atoms with Gasteiger partial charge in [0.1, 0.15) is 12.1 Å². The van der Waals surface area contributed by atoms with Crippen molar-refractivity contribution in [2.24, 2.45) is 0 Å². The third kappa shape index (κ3) is 2.90. The molecule has 2 aliphatic rings. The van der Waals surface area contributed by atoms with Crippen LogP contribution in [0.1, 0.15) is 18.2 Å². The zero-order valence-electron chi connectivity index (χ0n) is 13.5. The summed E-state index contributed by atoms with van der Waals surface area (Å²) in [4.78, 5) is 20.8. The number of anilines is 2. The van der Waals surface area contributed by atoms with Gasteiger partial charge in [-0.2, -0.15) is 0 Å². The highest BCUT2D eigenvalue weighted by molar-refractivity contribution is 7.13. The number of aromatic nitrogens is 3. The Morgan fingerprint density at radius 2 is 1.87 bits per heavy atom. The zero-order chi connectivity index (χ0) is 15.6. The van der Waals surface area contributed by atoms with E-state index in [4.69, 9.17) is 0 Å². The van der Waals surface area contributed by atoms with Gasteiger partial charge in [0.2, 0.25) is 0 Å². The highest BCUT2D eigenvalue weighted by Crippen LogP contribution is 2.27. The summed E-state index contributed by atoms with van der Waals surface area (Å²) >= 11 is 1.72. The second kappa shape index (κ2) is 6.41. The fourth-order valence-electron chi connectivity index (χ4n) is 3.41. The lowest BCUT2D eigenvalue weighted by Gasteiger charge is -2.37. The van der Waals surface area contributed by atoms with E-state index in [9.17, 15) is 0 Å². The van der Waals surface area contributed by atoms with Gasteiger partial charge in [0, 0.05) is 62.8 Å². The van der Waals surface area contributed by atoms with Crippen molar-refractivity contribution in [2.45, 2.75) is 19.9 Å². The van der Waals surface area contributed by atoms with Crippen molar-refractivity contribution in [3.63, 3.8) is 0 Å². The molecule has 2 aliphatic heterocycles. The fourth-order valence-corrected chi connectivity index (χ4v) is 4.10. The highest BCUT2D eigenvalue weighted by atomic mass is 32.1. The molecule has 6 nitrogen and oxygen atoms in total. The van der Waals surface area contributed by atoms with Crippen LogP contribution in [-0.4, -0.2) is 59.1 Å². The van der Waals surface area contributed by atoms with Gasteiger partial charge in [-0.15, -0.1) is 11.3 Å². The standard InChI is InChI=1S/C16H22N6S/c1-2-20-5-3-14-13(11-20)15(19-12-18-14)21-6-8-22(9-7-21)16-17-4-10-23-16/h4,10,12H,2-3,5-9,11H2,1H3. The molecule has 0 N–H and O–H groups in total. The molecule has 1 fully saturated rings. The molecule has 0 radical (unpaired) electrons. The smallest absolute Gasteiger partial charge is 0.185 e. The number of hydrogen-bond acceptors (Lipinski definition) is 7. The molecule has 0 atom stereocenters. The Morgan fingerprint density at radius 3 is 2.61 bits per heavy atom. The predicted octanol–water partition coefficient (Wildman–Crippen LogP) is 1.64. The average Bonchev–Trinajstić information content (AvgIpc) is 3.15. The first-order valence-electron chi connectivity index (χ1n) is 8.29. The Balaban J connectivity index is 1.51. The van der Waals surface area contributed by atoms with Gasteiger partial charge in [-0.1, -0.05) is 6.92 Å². The molecular formula is C16H22N6S. The molecule has 0 unspecified atom stereocenters. The van der Waals surface area contributed by atoms with Crippen molar-refractivity contribution in [1.29, 1.82) is 0 Å². The number of nitrogens with zero attached hydrogens (tertiary/aromatic N) is 6. The van der Waals surface area contributed by atoms with Gasteiger partial charge in [0.15, 0.2) is 5.13 Å². The summed E-state index contributed by atoms with van der Waals surface area (Å²) in [6.45, 7) is 9.40. The number of hydrogen-bond donors (Lipinski definition) is 0. The molecule has 0 saturated carbocycles. The summed E-state index contributed by atoms with van der Waals surface area (Å²) in [5.41, 5.74) is 2.57. The van der Waals surface area contributed by atoms with Crippen LogP contribution in [-0.2, 0) is 13.0 Å². The van der Waals surface area contributed by atoms with E-state index in [0.717, 1.165) is 63.2 Å². The minimum atomic E-state index is 0.981. The molecule has 0 amide bonds. The van der Waals surface area contributed by atoms with Crippen molar-refractivity contribution in [1.82, 2.24) is 19.9 Å². The first-order valence-corrected chi connectivity index (χ1v) is 9.17. The molecule has 2 aromatic heterocycles. The van der Waals surface area contributed by atoms with Gasteiger partial charge >= 0.3 is 0 Å². The Bertz CT molecular complexity index is 651. The van der Waals surface area contributed by atoms with E-state index >= 15 is 0 Å². The van der Waals surface area contributed by atoms with Crippen LogP contribution in [0.5, 0.6) is 0 Å². The Labute approximate surface area is 140 Å². The first kappa shape index (κ1) is 14.8. The van der Waals surface area contributed by atoms with Crippen molar-refractivity contribution in [2.75, 3.05) is 49.1 Å². The number of thiazole rings is 1. The van der Waals surface area contributed by atoms with E-state index in [-0.39, 0.29) is 0 Å². The first-order chi connectivity index (χ1) is 11.3. The normalized spacial score (nSPS) is 19.0. The summed E-state index contributed by atoms with van der Waals surface area (Å²) < 4.78 is 0. The van der Waals surface area contributed by atoms with Crippen LogP contribution in [0.2, 0.25) is 0 Å². The van der Waals surface area contributed by atoms with E-state index in [1.54, 1.807) is 17.7 Å². The maximum Gasteiger partial charge on any atom is 0.185 e. The lowest BCUT2D eigenvalue weighted by molar-refractivity contribution is 0.265. The van der Waals surface area contributed by atoms with Crippen LogP contribution in [0.3, 0.4) is 0 Å². The molecule has 0 aliphatic carbocycles. The topological polar surface area (TPSA) is 48.4 Å². The van der Waals surface area contributed by atoms with Crippen molar-refractivity contribution in [3.05, 3.63) is 29.2 Å². The monoisotopic (exact) mass is 330 g/mol. The summed E-state index contributed by atoms with van der Waals surface area (Å²) in [6.07, 6.45) is 4.66. The minimum Gasteiger partial charge on any atom is -0.353 e.